The molecular weight excluding hydrogens is 779 g/mol. The molecule has 0 aromatic rings. The van der Waals surface area contributed by atoms with Crippen LogP contribution in [0.1, 0.15) is 253 Å². The Morgan fingerprint density at radius 3 is 1.05 bits per heavy atom. The number of carbonyl (C=O) groups is 2. The van der Waals surface area contributed by atoms with Crippen LogP contribution >= 0.6 is 0 Å². The van der Waals surface area contributed by atoms with Crippen LogP contribution in [0.5, 0.6) is 0 Å². The monoisotopic (exact) mass is 882 g/mol. The minimum Gasteiger partial charge on any atom is -0.466 e. The zero-order valence-corrected chi connectivity index (χ0v) is 41.8. The molecule has 9 nitrogen and oxygen atoms in total. The fourth-order valence-electron chi connectivity index (χ4n) is 8.45. The molecule has 0 saturated carbocycles. The first-order valence-electron chi connectivity index (χ1n) is 26.9. The number of likely N-dealkylation sites (tertiary alicyclic amines) is 1. The van der Waals surface area contributed by atoms with Crippen LogP contribution < -0.4 is 0 Å². The summed E-state index contributed by atoms with van der Waals surface area (Å²) in [4.78, 5) is 28.7. The minimum absolute atomic E-state index is 0.0185. The fraction of sp³-hybridized carbons (Fsp3) is 0.962. The zero-order valence-electron chi connectivity index (χ0n) is 41.8. The molecule has 0 amide bonds. The Labute approximate surface area is 383 Å². The first kappa shape index (κ1) is 58.8. The summed E-state index contributed by atoms with van der Waals surface area (Å²) >= 11 is 0. The molecule has 1 heterocycles. The van der Waals surface area contributed by atoms with Gasteiger partial charge in [-0.15, -0.1) is 0 Å². The van der Waals surface area contributed by atoms with Crippen molar-refractivity contribution in [3.63, 3.8) is 0 Å². The van der Waals surface area contributed by atoms with Gasteiger partial charge in [-0.2, -0.15) is 0 Å². The second kappa shape index (κ2) is 43.6. The van der Waals surface area contributed by atoms with Crippen LogP contribution in [-0.4, -0.2) is 88.7 Å². The maximum absolute atomic E-state index is 13.1. The molecule has 0 aliphatic carbocycles. The summed E-state index contributed by atoms with van der Waals surface area (Å²) < 4.78 is 36.5. The van der Waals surface area contributed by atoms with E-state index in [1.165, 1.54) is 141 Å². The van der Waals surface area contributed by atoms with E-state index in [0.29, 0.717) is 65.3 Å². The first-order chi connectivity index (χ1) is 30.4. The SMILES string of the molecule is CCCCCCCCOC(CCC(=O)OCCC1(CCOC(=O)CCC(OCCCCCCCC)OCCCCCCCC)CCN(CCCC)CC1)OCCCCCCCC. The summed E-state index contributed by atoms with van der Waals surface area (Å²) in [6.07, 6.45) is 36.0. The van der Waals surface area contributed by atoms with Crippen molar-refractivity contribution in [2.45, 2.75) is 266 Å². The van der Waals surface area contributed by atoms with Crippen LogP contribution in [0.2, 0.25) is 0 Å². The van der Waals surface area contributed by atoms with Crippen LogP contribution in [0.4, 0.5) is 0 Å². The van der Waals surface area contributed by atoms with E-state index in [2.05, 4.69) is 39.5 Å². The fourth-order valence-corrected chi connectivity index (χ4v) is 8.45. The molecule has 0 atom stereocenters. The molecule has 0 N–H and O–H groups in total. The lowest BCUT2D eigenvalue weighted by Gasteiger charge is -2.42. The van der Waals surface area contributed by atoms with Crippen LogP contribution in [0.15, 0.2) is 0 Å². The van der Waals surface area contributed by atoms with Gasteiger partial charge in [0.15, 0.2) is 12.6 Å². The van der Waals surface area contributed by atoms with Crippen molar-refractivity contribution >= 4 is 11.9 Å². The summed E-state index contributed by atoms with van der Waals surface area (Å²) in [7, 11) is 0. The molecule has 1 saturated heterocycles. The molecule has 9 heteroatoms. The summed E-state index contributed by atoms with van der Waals surface area (Å²) in [6.45, 7) is 17.9. The van der Waals surface area contributed by atoms with Crippen molar-refractivity contribution < 1.29 is 38.0 Å². The number of hydrogen-bond donors (Lipinski definition) is 0. The van der Waals surface area contributed by atoms with Crippen molar-refractivity contribution in [1.82, 2.24) is 4.90 Å². The van der Waals surface area contributed by atoms with Crippen molar-refractivity contribution in [2.24, 2.45) is 5.41 Å². The van der Waals surface area contributed by atoms with Crippen molar-refractivity contribution in [3.05, 3.63) is 0 Å². The maximum Gasteiger partial charge on any atom is 0.305 e. The molecule has 0 unspecified atom stereocenters. The molecule has 1 aliphatic rings. The number of unbranched alkanes of at least 4 members (excludes halogenated alkanes) is 21. The largest absolute Gasteiger partial charge is 0.466 e. The molecule has 0 radical (unpaired) electrons. The molecule has 0 spiro atoms. The van der Waals surface area contributed by atoms with E-state index >= 15 is 0 Å². The molecule has 1 rings (SSSR count). The Bertz CT molecular complexity index is 873. The van der Waals surface area contributed by atoms with E-state index in [9.17, 15) is 9.59 Å². The number of nitrogens with zero attached hydrogens (tertiary/aromatic N) is 1. The van der Waals surface area contributed by atoms with Crippen molar-refractivity contribution in [1.29, 1.82) is 0 Å². The molecule has 1 aliphatic heterocycles. The van der Waals surface area contributed by atoms with E-state index in [1.54, 1.807) is 0 Å². The lowest BCUT2D eigenvalue weighted by atomic mass is 9.73. The lowest BCUT2D eigenvalue weighted by molar-refractivity contribution is -0.160. The van der Waals surface area contributed by atoms with Gasteiger partial charge in [0.2, 0.25) is 0 Å². The maximum atomic E-state index is 13.1. The van der Waals surface area contributed by atoms with Crippen molar-refractivity contribution in [2.75, 3.05) is 59.3 Å². The first-order valence-corrected chi connectivity index (χ1v) is 26.9. The van der Waals surface area contributed by atoms with Gasteiger partial charge in [0.25, 0.3) is 0 Å². The van der Waals surface area contributed by atoms with Gasteiger partial charge >= 0.3 is 11.9 Å². The number of hydrogen-bond acceptors (Lipinski definition) is 9. The van der Waals surface area contributed by atoms with E-state index in [4.69, 9.17) is 28.4 Å². The Kier molecular flexibility index (Phi) is 41.3. The number of esters is 2. The third kappa shape index (κ3) is 35.1. The van der Waals surface area contributed by atoms with E-state index in [1.807, 2.05) is 0 Å². The Balaban J connectivity index is 2.65. The van der Waals surface area contributed by atoms with Gasteiger partial charge in [-0.25, -0.2) is 0 Å². The summed E-state index contributed by atoms with van der Waals surface area (Å²) in [5, 5.41) is 0. The second-order valence-corrected chi connectivity index (χ2v) is 18.6. The van der Waals surface area contributed by atoms with Gasteiger partial charge in [0.05, 0.1) is 26.1 Å². The van der Waals surface area contributed by atoms with Gasteiger partial charge in [-0.05, 0) is 82.8 Å². The van der Waals surface area contributed by atoms with Crippen molar-refractivity contribution in [3.8, 4) is 0 Å². The third-order valence-electron chi connectivity index (χ3n) is 12.9. The molecule has 368 valence electrons. The second-order valence-electron chi connectivity index (χ2n) is 18.6. The normalized spacial score (nSPS) is 14.3. The number of carbonyl (C=O) groups excluding carboxylic acids is 2. The molecular formula is C53H103NO8. The highest BCUT2D eigenvalue weighted by atomic mass is 16.7. The number of piperidine rings is 1. The van der Waals surface area contributed by atoms with Crippen LogP contribution in [-0.2, 0) is 38.0 Å². The molecule has 62 heavy (non-hydrogen) atoms. The predicted octanol–water partition coefficient (Wildman–Crippen LogP) is 14.5. The van der Waals surface area contributed by atoms with E-state index < -0.39 is 0 Å². The molecule has 0 aromatic heterocycles. The van der Waals surface area contributed by atoms with Gasteiger partial charge in [0.1, 0.15) is 0 Å². The number of ether oxygens (including phenoxy) is 6. The van der Waals surface area contributed by atoms with E-state index in [-0.39, 0.29) is 29.9 Å². The van der Waals surface area contributed by atoms with Crippen LogP contribution in [0.3, 0.4) is 0 Å². The third-order valence-corrected chi connectivity index (χ3v) is 12.9. The quantitative estimate of drug-likeness (QED) is 0.0336. The molecule has 0 aromatic carbocycles. The summed E-state index contributed by atoms with van der Waals surface area (Å²) in [6, 6.07) is 0. The standard InChI is InChI=1S/C53H103NO8/c1-6-11-16-20-24-28-43-59-51(60-44-29-25-21-17-12-7-2)34-32-49(55)57-47-38-53(36-41-54(42-37-53)40-15-10-5)39-48-58-50(56)33-35-52(61-45-30-26-22-18-13-8-3)62-46-31-27-23-19-14-9-4/h51-52H,6-48H2,1-5H3. The smallest absolute Gasteiger partial charge is 0.305 e. The Hall–Kier alpha value is -1.26. The topological polar surface area (TPSA) is 92.8 Å². The highest BCUT2D eigenvalue weighted by Crippen LogP contribution is 2.39. The molecule has 1 fully saturated rings. The average Bonchev–Trinajstić information content (AvgIpc) is 3.28. The zero-order chi connectivity index (χ0) is 45.0. The van der Waals surface area contributed by atoms with Gasteiger partial charge in [-0.1, -0.05) is 169 Å². The predicted molar refractivity (Wildman–Crippen MR) is 258 cm³/mol. The Morgan fingerprint density at radius 1 is 0.419 bits per heavy atom. The minimum atomic E-state index is -0.364. The van der Waals surface area contributed by atoms with Crippen LogP contribution in [0.25, 0.3) is 0 Å². The average molecular weight is 882 g/mol. The highest BCUT2D eigenvalue weighted by molar-refractivity contribution is 5.69. The van der Waals surface area contributed by atoms with Crippen LogP contribution in [0, 0.1) is 5.41 Å². The number of rotatable bonds is 47. The summed E-state index contributed by atoms with van der Waals surface area (Å²) in [5.74, 6) is -0.370. The highest BCUT2D eigenvalue weighted by Gasteiger charge is 2.35. The molecule has 0 bridgehead atoms. The van der Waals surface area contributed by atoms with Gasteiger partial charge in [0, 0.05) is 39.3 Å². The summed E-state index contributed by atoms with van der Waals surface area (Å²) in [5.41, 5.74) is -0.0185. The van der Waals surface area contributed by atoms with Gasteiger partial charge < -0.3 is 33.3 Å². The van der Waals surface area contributed by atoms with Gasteiger partial charge in [-0.3, -0.25) is 9.59 Å². The lowest BCUT2D eigenvalue weighted by Crippen LogP contribution is -2.41. The Morgan fingerprint density at radius 2 is 0.726 bits per heavy atom. The van der Waals surface area contributed by atoms with E-state index in [0.717, 1.165) is 71.0 Å².